The molecule has 1 aromatic heterocycles. The standard InChI is InChI=1S/C13H20F3N3/c1-5-6-17-11-7-10(13(14,15)16)8-12(18-11)19(4)9(2)3/h7-9H,5-6H2,1-4H3,(H,17,18). The van der Waals surface area contributed by atoms with Crippen LogP contribution in [0, 0.1) is 0 Å². The topological polar surface area (TPSA) is 28.2 Å². The zero-order valence-electron chi connectivity index (χ0n) is 11.7. The molecule has 19 heavy (non-hydrogen) atoms. The molecule has 1 rings (SSSR count). The second kappa shape index (κ2) is 6.12. The van der Waals surface area contributed by atoms with Gasteiger partial charge in [-0.2, -0.15) is 13.2 Å². The van der Waals surface area contributed by atoms with Gasteiger partial charge in [-0.1, -0.05) is 6.92 Å². The van der Waals surface area contributed by atoms with E-state index in [0.717, 1.165) is 18.6 Å². The van der Waals surface area contributed by atoms with Crippen molar-refractivity contribution in [3.63, 3.8) is 0 Å². The Balaban J connectivity index is 3.16. The Bertz CT molecular complexity index is 416. The summed E-state index contributed by atoms with van der Waals surface area (Å²) in [5.74, 6) is 0.586. The summed E-state index contributed by atoms with van der Waals surface area (Å²) in [5, 5.41) is 2.90. The molecule has 0 radical (unpaired) electrons. The fourth-order valence-corrected chi connectivity index (χ4v) is 1.47. The highest BCUT2D eigenvalue weighted by Gasteiger charge is 2.32. The molecule has 0 unspecified atom stereocenters. The maximum absolute atomic E-state index is 12.9. The number of alkyl halides is 3. The van der Waals surface area contributed by atoms with Gasteiger partial charge in [-0.3, -0.25) is 0 Å². The van der Waals surface area contributed by atoms with Crippen molar-refractivity contribution in [2.75, 3.05) is 23.8 Å². The van der Waals surface area contributed by atoms with Gasteiger partial charge in [0.15, 0.2) is 0 Å². The van der Waals surface area contributed by atoms with Gasteiger partial charge in [0.25, 0.3) is 0 Å². The van der Waals surface area contributed by atoms with E-state index >= 15 is 0 Å². The number of nitrogens with one attached hydrogen (secondary N) is 1. The van der Waals surface area contributed by atoms with Crippen LogP contribution in [-0.4, -0.2) is 24.6 Å². The summed E-state index contributed by atoms with van der Waals surface area (Å²) in [4.78, 5) is 5.94. The summed E-state index contributed by atoms with van der Waals surface area (Å²) >= 11 is 0. The quantitative estimate of drug-likeness (QED) is 0.886. The van der Waals surface area contributed by atoms with Crippen molar-refractivity contribution in [2.45, 2.75) is 39.4 Å². The summed E-state index contributed by atoms with van der Waals surface area (Å²) in [6, 6.07) is 2.21. The summed E-state index contributed by atoms with van der Waals surface area (Å²) in [6.45, 7) is 6.35. The van der Waals surface area contributed by atoms with Crippen molar-refractivity contribution < 1.29 is 13.2 Å². The number of pyridine rings is 1. The highest BCUT2D eigenvalue weighted by atomic mass is 19.4. The van der Waals surface area contributed by atoms with Crippen LogP contribution in [0.2, 0.25) is 0 Å². The van der Waals surface area contributed by atoms with Crippen LogP contribution in [0.1, 0.15) is 32.8 Å². The number of rotatable bonds is 5. The van der Waals surface area contributed by atoms with Crippen LogP contribution < -0.4 is 10.2 Å². The van der Waals surface area contributed by atoms with Gasteiger partial charge in [0, 0.05) is 19.6 Å². The second-order valence-corrected chi connectivity index (χ2v) is 4.73. The van der Waals surface area contributed by atoms with E-state index in [1.807, 2.05) is 20.8 Å². The van der Waals surface area contributed by atoms with E-state index in [0.29, 0.717) is 12.4 Å². The van der Waals surface area contributed by atoms with Crippen LogP contribution >= 0.6 is 0 Å². The van der Waals surface area contributed by atoms with Crippen molar-refractivity contribution in [3.05, 3.63) is 17.7 Å². The third-order valence-corrected chi connectivity index (χ3v) is 2.83. The number of hydrogen-bond donors (Lipinski definition) is 1. The average Bonchev–Trinajstić information content (AvgIpc) is 2.33. The van der Waals surface area contributed by atoms with Crippen molar-refractivity contribution in [2.24, 2.45) is 0 Å². The Morgan fingerprint density at radius 2 is 1.95 bits per heavy atom. The molecule has 0 saturated heterocycles. The highest BCUT2D eigenvalue weighted by Crippen LogP contribution is 2.33. The first-order chi connectivity index (χ1) is 8.75. The molecule has 108 valence electrons. The summed E-state index contributed by atoms with van der Waals surface area (Å²) in [5.41, 5.74) is -0.677. The molecule has 1 aromatic rings. The maximum Gasteiger partial charge on any atom is 0.416 e. The predicted octanol–water partition coefficient (Wildman–Crippen LogP) is 3.77. The molecule has 0 atom stereocenters. The lowest BCUT2D eigenvalue weighted by Gasteiger charge is -2.24. The van der Waals surface area contributed by atoms with Gasteiger partial charge in [-0.15, -0.1) is 0 Å². The van der Waals surface area contributed by atoms with E-state index in [2.05, 4.69) is 10.3 Å². The van der Waals surface area contributed by atoms with E-state index in [1.54, 1.807) is 11.9 Å². The van der Waals surface area contributed by atoms with Gasteiger partial charge in [0.05, 0.1) is 5.56 Å². The zero-order valence-corrected chi connectivity index (χ0v) is 11.7. The largest absolute Gasteiger partial charge is 0.416 e. The Hall–Kier alpha value is -1.46. The molecule has 0 fully saturated rings. The van der Waals surface area contributed by atoms with Crippen molar-refractivity contribution in [1.82, 2.24) is 4.98 Å². The van der Waals surface area contributed by atoms with Gasteiger partial charge < -0.3 is 10.2 Å². The Kier molecular flexibility index (Phi) is 5.03. The highest BCUT2D eigenvalue weighted by molar-refractivity contribution is 5.51. The number of anilines is 2. The molecule has 1 N–H and O–H groups in total. The van der Waals surface area contributed by atoms with Gasteiger partial charge in [0.1, 0.15) is 11.6 Å². The first-order valence-corrected chi connectivity index (χ1v) is 6.31. The van der Waals surface area contributed by atoms with E-state index in [-0.39, 0.29) is 11.9 Å². The van der Waals surface area contributed by atoms with Crippen molar-refractivity contribution in [3.8, 4) is 0 Å². The molecule has 1 heterocycles. The Morgan fingerprint density at radius 1 is 1.32 bits per heavy atom. The monoisotopic (exact) mass is 275 g/mol. The van der Waals surface area contributed by atoms with Crippen LogP contribution in [0.25, 0.3) is 0 Å². The van der Waals surface area contributed by atoms with E-state index in [4.69, 9.17) is 0 Å². The SMILES string of the molecule is CCCNc1cc(C(F)(F)F)cc(N(C)C(C)C)n1. The fourth-order valence-electron chi connectivity index (χ4n) is 1.47. The van der Waals surface area contributed by atoms with Gasteiger partial charge >= 0.3 is 6.18 Å². The lowest BCUT2D eigenvalue weighted by atomic mass is 10.2. The molecule has 0 spiro atoms. The number of hydrogen-bond acceptors (Lipinski definition) is 3. The lowest BCUT2D eigenvalue weighted by Crippen LogP contribution is -2.27. The lowest BCUT2D eigenvalue weighted by molar-refractivity contribution is -0.137. The zero-order chi connectivity index (χ0) is 14.6. The maximum atomic E-state index is 12.9. The molecule has 0 saturated carbocycles. The summed E-state index contributed by atoms with van der Waals surface area (Å²) in [6.07, 6.45) is -3.54. The minimum absolute atomic E-state index is 0.0787. The molecular weight excluding hydrogens is 255 g/mol. The second-order valence-electron chi connectivity index (χ2n) is 4.73. The van der Waals surface area contributed by atoms with Crippen LogP contribution in [0.5, 0.6) is 0 Å². The van der Waals surface area contributed by atoms with E-state index in [9.17, 15) is 13.2 Å². The van der Waals surface area contributed by atoms with Crippen molar-refractivity contribution >= 4 is 11.6 Å². The first-order valence-electron chi connectivity index (χ1n) is 6.31. The first kappa shape index (κ1) is 15.6. The third kappa shape index (κ3) is 4.29. The molecule has 0 aliphatic carbocycles. The molecule has 0 bridgehead atoms. The number of halogens is 3. The van der Waals surface area contributed by atoms with Gasteiger partial charge in [0.2, 0.25) is 0 Å². The van der Waals surface area contributed by atoms with Crippen LogP contribution in [-0.2, 0) is 6.18 Å². The summed E-state index contributed by atoms with van der Waals surface area (Å²) < 4.78 is 38.6. The minimum Gasteiger partial charge on any atom is -0.370 e. The molecule has 0 amide bonds. The minimum atomic E-state index is -4.36. The fraction of sp³-hybridized carbons (Fsp3) is 0.615. The third-order valence-electron chi connectivity index (χ3n) is 2.83. The molecule has 3 nitrogen and oxygen atoms in total. The van der Waals surface area contributed by atoms with E-state index < -0.39 is 11.7 Å². The van der Waals surface area contributed by atoms with Crippen molar-refractivity contribution in [1.29, 1.82) is 0 Å². The molecule has 6 heteroatoms. The van der Waals surface area contributed by atoms with Crippen LogP contribution in [0.4, 0.5) is 24.8 Å². The van der Waals surface area contributed by atoms with Gasteiger partial charge in [-0.05, 0) is 32.4 Å². The predicted molar refractivity (Wildman–Crippen MR) is 71.6 cm³/mol. The molecular formula is C13H20F3N3. The summed E-state index contributed by atoms with van der Waals surface area (Å²) in [7, 11) is 1.73. The average molecular weight is 275 g/mol. The Morgan fingerprint density at radius 3 is 2.42 bits per heavy atom. The molecule has 0 aliphatic rings. The smallest absolute Gasteiger partial charge is 0.370 e. The molecule has 0 aromatic carbocycles. The van der Waals surface area contributed by atoms with E-state index in [1.165, 1.54) is 0 Å². The number of nitrogens with zero attached hydrogens (tertiary/aromatic N) is 2. The Labute approximate surface area is 111 Å². The van der Waals surface area contributed by atoms with Gasteiger partial charge in [-0.25, -0.2) is 4.98 Å². The van der Waals surface area contributed by atoms with Crippen LogP contribution in [0.3, 0.4) is 0 Å². The number of aromatic nitrogens is 1. The normalized spacial score (nSPS) is 11.8. The molecule has 0 aliphatic heterocycles. The van der Waals surface area contributed by atoms with Crippen LogP contribution in [0.15, 0.2) is 12.1 Å².